The number of para-hydroxylation sites is 1. The van der Waals surface area contributed by atoms with Crippen molar-refractivity contribution >= 4 is 11.8 Å². The van der Waals surface area contributed by atoms with Gasteiger partial charge in [-0.1, -0.05) is 24.3 Å². The molecule has 5 nitrogen and oxygen atoms in total. The topological polar surface area (TPSA) is 58.6 Å². The molecule has 0 saturated heterocycles. The molecule has 0 aromatic heterocycles. The third-order valence-corrected chi connectivity index (χ3v) is 3.73. The van der Waals surface area contributed by atoms with Crippen molar-refractivity contribution in [2.75, 3.05) is 13.6 Å². The fourth-order valence-electron chi connectivity index (χ4n) is 2.33. The maximum Gasteiger partial charge on any atom is 0.254 e. The van der Waals surface area contributed by atoms with E-state index in [9.17, 15) is 9.59 Å². The molecule has 0 radical (unpaired) electrons. The number of rotatable bonds is 6. The van der Waals surface area contributed by atoms with E-state index in [0.717, 1.165) is 12.8 Å². The predicted octanol–water partition coefficient (Wildman–Crippen LogP) is 2.83. The van der Waals surface area contributed by atoms with Gasteiger partial charge in [-0.3, -0.25) is 9.59 Å². The summed E-state index contributed by atoms with van der Waals surface area (Å²) in [6, 6.07) is 16.6. The lowest BCUT2D eigenvalue weighted by Gasteiger charge is -2.17. The molecular weight excluding hydrogens is 304 g/mol. The first kappa shape index (κ1) is 16.1. The van der Waals surface area contributed by atoms with Crippen molar-refractivity contribution in [3.63, 3.8) is 0 Å². The highest BCUT2D eigenvalue weighted by Crippen LogP contribution is 2.22. The molecule has 1 aliphatic carbocycles. The number of hydrogen-bond donors (Lipinski definition) is 1. The molecule has 0 bridgehead atoms. The molecular formula is C19H20N2O3. The van der Waals surface area contributed by atoms with Gasteiger partial charge in [0, 0.05) is 18.7 Å². The molecule has 1 fully saturated rings. The SMILES string of the molecule is CN(CC(=O)NC1CC1)C(=O)c1cccc(Oc2ccccc2)c1. The second kappa shape index (κ2) is 7.17. The molecule has 24 heavy (non-hydrogen) atoms. The first-order chi connectivity index (χ1) is 11.6. The molecule has 1 aliphatic rings. The smallest absolute Gasteiger partial charge is 0.254 e. The van der Waals surface area contributed by atoms with Crippen molar-refractivity contribution < 1.29 is 14.3 Å². The molecule has 3 rings (SSSR count). The molecule has 124 valence electrons. The van der Waals surface area contributed by atoms with Crippen LogP contribution in [0.3, 0.4) is 0 Å². The zero-order valence-electron chi connectivity index (χ0n) is 13.6. The third-order valence-electron chi connectivity index (χ3n) is 3.73. The minimum Gasteiger partial charge on any atom is -0.457 e. The van der Waals surface area contributed by atoms with Crippen molar-refractivity contribution in [3.05, 3.63) is 60.2 Å². The van der Waals surface area contributed by atoms with Crippen LogP contribution in [0, 0.1) is 0 Å². The summed E-state index contributed by atoms with van der Waals surface area (Å²) in [5.74, 6) is 0.964. The normalized spacial score (nSPS) is 13.2. The maximum atomic E-state index is 12.5. The predicted molar refractivity (Wildman–Crippen MR) is 91.1 cm³/mol. The van der Waals surface area contributed by atoms with Gasteiger partial charge in [-0.15, -0.1) is 0 Å². The molecule has 5 heteroatoms. The molecule has 0 unspecified atom stereocenters. The fourth-order valence-corrected chi connectivity index (χ4v) is 2.33. The van der Waals surface area contributed by atoms with Crippen molar-refractivity contribution in [1.82, 2.24) is 10.2 Å². The average molecular weight is 324 g/mol. The molecule has 0 spiro atoms. The molecule has 0 atom stereocenters. The lowest BCUT2D eigenvalue weighted by molar-refractivity contribution is -0.121. The lowest BCUT2D eigenvalue weighted by Crippen LogP contribution is -2.39. The van der Waals surface area contributed by atoms with Gasteiger partial charge in [-0.2, -0.15) is 0 Å². The first-order valence-electron chi connectivity index (χ1n) is 7.99. The number of nitrogens with zero attached hydrogens (tertiary/aromatic N) is 1. The number of carbonyl (C=O) groups is 2. The second-order valence-corrected chi connectivity index (χ2v) is 5.95. The zero-order valence-corrected chi connectivity index (χ0v) is 13.6. The largest absolute Gasteiger partial charge is 0.457 e. The van der Waals surface area contributed by atoms with Gasteiger partial charge in [0.25, 0.3) is 5.91 Å². The van der Waals surface area contributed by atoms with Gasteiger partial charge in [0.1, 0.15) is 11.5 Å². The second-order valence-electron chi connectivity index (χ2n) is 5.95. The van der Waals surface area contributed by atoms with E-state index in [1.165, 1.54) is 4.90 Å². The number of ether oxygens (including phenoxy) is 1. The summed E-state index contributed by atoms with van der Waals surface area (Å²) in [5.41, 5.74) is 0.491. The van der Waals surface area contributed by atoms with Crippen LogP contribution < -0.4 is 10.1 Å². The van der Waals surface area contributed by atoms with Crippen molar-refractivity contribution in [2.45, 2.75) is 18.9 Å². The van der Waals surface area contributed by atoms with E-state index in [4.69, 9.17) is 4.74 Å². The standard InChI is InChI=1S/C19H20N2O3/c1-21(13-18(22)20-15-10-11-15)19(23)14-6-5-9-17(12-14)24-16-7-3-2-4-8-16/h2-9,12,15H,10-11,13H2,1H3,(H,20,22). The minimum absolute atomic E-state index is 0.0547. The Labute approximate surface area is 141 Å². The van der Waals surface area contributed by atoms with Gasteiger partial charge in [0.2, 0.25) is 5.91 Å². The number of carbonyl (C=O) groups excluding carboxylic acids is 2. The van der Waals surface area contributed by atoms with Gasteiger partial charge in [0.05, 0.1) is 6.54 Å². The third kappa shape index (κ3) is 4.35. The molecule has 1 saturated carbocycles. The number of likely N-dealkylation sites (N-methyl/N-ethyl adjacent to an activating group) is 1. The Morgan fingerprint density at radius 2 is 1.79 bits per heavy atom. The van der Waals surface area contributed by atoms with E-state index >= 15 is 0 Å². The van der Waals surface area contributed by atoms with Crippen molar-refractivity contribution in [1.29, 1.82) is 0 Å². The van der Waals surface area contributed by atoms with Crippen LogP contribution in [0.15, 0.2) is 54.6 Å². The highest BCUT2D eigenvalue weighted by atomic mass is 16.5. The molecule has 0 aliphatic heterocycles. The molecule has 2 aromatic rings. The van der Waals surface area contributed by atoms with Crippen molar-refractivity contribution in [3.8, 4) is 11.5 Å². The average Bonchev–Trinajstić information content (AvgIpc) is 3.39. The minimum atomic E-state index is -0.209. The summed E-state index contributed by atoms with van der Waals surface area (Å²) in [5, 5.41) is 2.88. The molecule has 0 heterocycles. The Morgan fingerprint density at radius 3 is 2.50 bits per heavy atom. The van der Waals surface area contributed by atoms with Crippen LogP contribution in [0.2, 0.25) is 0 Å². The van der Waals surface area contributed by atoms with Gasteiger partial charge >= 0.3 is 0 Å². The summed E-state index contributed by atoms with van der Waals surface area (Å²) < 4.78 is 5.74. The Morgan fingerprint density at radius 1 is 1.08 bits per heavy atom. The van der Waals surface area contributed by atoms with Crippen LogP contribution in [0.4, 0.5) is 0 Å². The summed E-state index contributed by atoms with van der Waals surface area (Å²) in [6.07, 6.45) is 2.06. The first-order valence-corrected chi connectivity index (χ1v) is 7.99. The van der Waals surface area contributed by atoms with Crippen molar-refractivity contribution in [2.24, 2.45) is 0 Å². The highest BCUT2D eigenvalue weighted by Gasteiger charge is 2.24. The molecule has 2 aromatic carbocycles. The van der Waals surface area contributed by atoms with Gasteiger partial charge in [-0.25, -0.2) is 0 Å². The van der Waals surface area contributed by atoms with Gasteiger partial charge in [-0.05, 0) is 43.2 Å². The monoisotopic (exact) mass is 324 g/mol. The Kier molecular flexibility index (Phi) is 4.79. The van der Waals surface area contributed by atoms with E-state index in [1.54, 1.807) is 31.3 Å². The Balaban J connectivity index is 1.63. The molecule has 1 N–H and O–H groups in total. The van der Waals surface area contributed by atoms with Crippen LogP contribution in [-0.2, 0) is 4.79 Å². The summed E-state index contributed by atoms with van der Waals surface area (Å²) in [6.45, 7) is 0.0547. The van der Waals surface area contributed by atoms with E-state index in [-0.39, 0.29) is 18.4 Å². The number of amides is 2. The van der Waals surface area contributed by atoms with Crippen LogP contribution in [-0.4, -0.2) is 36.3 Å². The van der Waals surface area contributed by atoms with Crippen LogP contribution in [0.25, 0.3) is 0 Å². The maximum absolute atomic E-state index is 12.5. The summed E-state index contributed by atoms with van der Waals surface area (Å²) in [4.78, 5) is 25.7. The van der Waals surface area contributed by atoms with Crippen LogP contribution in [0.1, 0.15) is 23.2 Å². The Bertz CT molecular complexity index is 726. The van der Waals surface area contributed by atoms with E-state index in [2.05, 4.69) is 5.32 Å². The van der Waals surface area contributed by atoms with Gasteiger partial charge < -0.3 is 15.0 Å². The number of benzene rings is 2. The summed E-state index contributed by atoms with van der Waals surface area (Å²) >= 11 is 0. The van der Waals surface area contributed by atoms with E-state index in [0.29, 0.717) is 23.1 Å². The van der Waals surface area contributed by atoms with Gasteiger partial charge in [0.15, 0.2) is 0 Å². The Hall–Kier alpha value is -2.82. The van der Waals surface area contributed by atoms with Crippen LogP contribution >= 0.6 is 0 Å². The quantitative estimate of drug-likeness (QED) is 0.889. The highest BCUT2D eigenvalue weighted by molar-refractivity contribution is 5.96. The zero-order chi connectivity index (χ0) is 16.9. The van der Waals surface area contributed by atoms with E-state index in [1.807, 2.05) is 30.3 Å². The summed E-state index contributed by atoms with van der Waals surface area (Å²) in [7, 11) is 1.62. The fraction of sp³-hybridized carbons (Fsp3) is 0.263. The number of hydrogen-bond acceptors (Lipinski definition) is 3. The van der Waals surface area contributed by atoms with Crippen LogP contribution in [0.5, 0.6) is 11.5 Å². The lowest BCUT2D eigenvalue weighted by atomic mass is 10.2. The number of nitrogens with one attached hydrogen (secondary N) is 1. The van der Waals surface area contributed by atoms with E-state index < -0.39 is 0 Å². The molecule has 2 amide bonds.